The highest BCUT2D eigenvalue weighted by Crippen LogP contribution is 2.30. The van der Waals surface area contributed by atoms with Crippen LogP contribution in [-0.2, 0) is 11.0 Å². The number of benzene rings is 2. The molecule has 2 amide bonds. The van der Waals surface area contributed by atoms with Crippen LogP contribution in [0.15, 0.2) is 48.5 Å². The molecule has 33 heavy (non-hydrogen) atoms. The molecule has 1 aliphatic heterocycles. The smallest absolute Gasteiger partial charge is 0.475 e. The molecule has 1 fully saturated rings. The van der Waals surface area contributed by atoms with Gasteiger partial charge in [0.15, 0.2) is 0 Å². The van der Waals surface area contributed by atoms with E-state index in [0.29, 0.717) is 5.69 Å². The Hall–Kier alpha value is -3.48. The molecule has 0 unspecified atom stereocenters. The quantitative estimate of drug-likeness (QED) is 0.491. The van der Waals surface area contributed by atoms with E-state index < -0.39 is 29.9 Å². The predicted octanol–water partition coefficient (Wildman–Crippen LogP) is 4.39. The number of carboxylic acid groups (broad SMARTS) is 1. The van der Waals surface area contributed by atoms with Gasteiger partial charge < -0.3 is 26.0 Å². The number of carbonyl (C=O) groups is 2. The van der Waals surface area contributed by atoms with E-state index in [4.69, 9.17) is 9.90 Å². The molecule has 0 atom stereocenters. The standard InChI is InChI=1S/C18H19F3N4O.C2HF3O2/c19-18(20,21)13-5-7-14(8-6-13)23-17(26)24-15-3-1-2-4-16(15)25-11-9-22-10-12-25;3-2(4,5)1(6)7/h1-8,22H,9-12H2,(H2,23,24,26);(H,6,7). The van der Waals surface area contributed by atoms with Crippen molar-refractivity contribution in [3.8, 4) is 0 Å². The Labute approximate surface area is 184 Å². The van der Waals surface area contributed by atoms with Gasteiger partial charge >= 0.3 is 24.4 Å². The van der Waals surface area contributed by atoms with Crippen molar-refractivity contribution in [3.05, 3.63) is 54.1 Å². The van der Waals surface area contributed by atoms with Crippen LogP contribution in [0.2, 0.25) is 0 Å². The number of hydrogen-bond donors (Lipinski definition) is 4. The second-order valence-corrected chi connectivity index (χ2v) is 6.71. The number of hydrogen-bond acceptors (Lipinski definition) is 4. The molecule has 3 rings (SSSR count). The highest BCUT2D eigenvalue weighted by Gasteiger charge is 2.38. The van der Waals surface area contributed by atoms with E-state index in [2.05, 4.69) is 20.9 Å². The molecule has 1 aliphatic rings. The van der Waals surface area contributed by atoms with Gasteiger partial charge in [0.1, 0.15) is 0 Å². The lowest BCUT2D eigenvalue weighted by molar-refractivity contribution is -0.192. The number of nitrogens with zero attached hydrogens (tertiary/aromatic N) is 1. The van der Waals surface area contributed by atoms with Gasteiger partial charge in [-0.2, -0.15) is 26.3 Å². The van der Waals surface area contributed by atoms with E-state index in [0.717, 1.165) is 44.0 Å². The fourth-order valence-corrected chi connectivity index (χ4v) is 2.79. The number of nitrogens with one attached hydrogen (secondary N) is 3. The molecule has 0 radical (unpaired) electrons. The monoisotopic (exact) mass is 478 g/mol. The van der Waals surface area contributed by atoms with Crippen molar-refractivity contribution in [2.45, 2.75) is 12.4 Å². The number of aliphatic carboxylic acids is 1. The van der Waals surface area contributed by atoms with Gasteiger partial charge in [-0.1, -0.05) is 12.1 Å². The fourth-order valence-electron chi connectivity index (χ4n) is 2.79. The molecule has 1 saturated heterocycles. The van der Waals surface area contributed by atoms with Crippen molar-refractivity contribution >= 4 is 29.1 Å². The minimum Gasteiger partial charge on any atom is -0.475 e. The number of anilines is 3. The van der Waals surface area contributed by atoms with Crippen LogP contribution in [0, 0.1) is 0 Å². The zero-order valence-electron chi connectivity index (χ0n) is 16.9. The Morgan fingerprint density at radius 1 is 0.879 bits per heavy atom. The topological polar surface area (TPSA) is 93.7 Å². The maximum atomic E-state index is 12.6. The van der Waals surface area contributed by atoms with Gasteiger partial charge in [0.25, 0.3) is 0 Å². The second-order valence-electron chi connectivity index (χ2n) is 6.71. The second kappa shape index (κ2) is 10.9. The maximum absolute atomic E-state index is 12.6. The first kappa shape index (κ1) is 25.8. The molecular formula is C20H20F6N4O3. The Kier molecular flexibility index (Phi) is 8.51. The lowest BCUT2D eigenvalue weighted by Gasteiger charge is -2.31. The number of urea groups is 1. The third-order valence-electron chi connectivity index (χ3n) is 4.32. The van der Waals surface area contributed by atoms with Gasteiger partial charge in [-0.3, -0.25) is 0 Å². The van der Waals surface area contributed by atoms with Gasteiger partial charge in [-0.15, -0.1) is 0 Å². The zero-order chi connectivity index (χ0) is 24.6. The summed E-state index contributed by atoms with van der Waals surface area (Å²) in [4.78, 5) is 23.3. The molecule has 0 spiro atoms. The van der Waals surface area contributed by atoms with Crippen LogP contribution >= 0.6 is 0 Å². The molecule has 7 nitrogen and oxygen atoms in total. The minimum atomic E-state index is -5.08. The molecule has 0 aliphatic carbocycles. The van der Waals surface area contributed by atoms with Crippen LogP contribution < -0.4 is 20.9 Å². The number of carboxylic acids is 1. The average Bonchev–Trinajstić information content (AvgIpc) is 2.74. The molecule has 0 saturated carbocycles. The van der Waals surface area contributed by atoms with E-state index in [1.165, 1.54) is 12.1 Å². The predicted molar refractivity (Wildman–Crippen MR) is 109 cm³/mol. The molecule has 13 heteroatoms. The van der Waals surface area contributed by atoms with Gasteiger partial charge in [-0.05, 0) is 36.4 Å². The van der Waals surface area contributed by atoms with Crippen molar-refractivity contribution in [1.29, 1.82) is 0 Å². The van der Waals surface area contributed by atoms with Crippen LogP contribution in [0.5, 0.6) is 0 Å². The first-order chi connectivity index (χ1) is 15.4. The SMILES string of the molecule is O=C(Nc1ccc(C(F)(F)F)cc1)Nc1ccccc1N1CCNCC1.O=C(O)C(F)(F)F. The number of alkyl halides is 6. The van der Waals surface area contributed by atoms with Crippen LogP contribution in [0.4, 0.5) is 48.2 Å². The molecule has 2 aromatic carbocycles. The Bertz CT molecular complexity index is 942. The minimum absolute atomic E-state index is 0.287. The summed E-state index contributed by atoms with van der Waals surface area (Å²) in [5.41, 5.74) is 1.10. The number of halogens is 6. The summed E-state index contributed by atoms with van der Waals surface area (Å²) >= 11 is 0. The summed E-state index contributed by atoms with van der Waals surface area (Å²) in [7, 11) is 0. The van der Waals surface area contributed by atoms with Crippen LogP contribution in [-0.4, -0.2) is 49.5 Å². The van der Waals surface area contributed by atoms with Crippen molar-refractivity contribution in [2.24, 2.45) is 0 Å². The van der Waals surface area contributed by atoms with Gasteiger partial charge in [0.05, 0.1) is 16.9 Å². The van der Waals surface area contributed by atoms with E-state index in [-0.39, 0.29) is 5.69 Å². The number of para-hydroxylation sites is 2. The Morgan fingerprint density at radius 3 is 1.94 bits per heavy atom. The summed E-state index contributed by atoms with van der Waals surface area (Å²) in [5.74, 6) is -2.76. The molecule has 1 heterocycles. The average molecular weight is 478 g/mol. The van der Waals surface area contributed by atoms with E-state index in [1.807, 2.05) is 18.2 Å². The van der Waals surface area contributed by atoms with Crippen LogP contribution in [0.1, 0.15) is 5.56 Å². The zero-order valence-corrected chi connectivity index (χ0v) is 16.9. The van der Waals surface area contributed by atoms with E-state index >= 15 is 0 Å². The summed E-state index contributed by atoms with van der Waals surface area (Å²) in [5, 5.41) is 15.7. The summed E-state index contributed by atoms with van der Waals surface area (Å²) in [6.07, 6.45) is -9.48. The van der Waals surface area contributed by atoms with Crippen molar-refractivity contribution in [1.82, 2.24) is 5.32 Å². The fraction of sp³-hybridized carbons (Fsp3) is 0.300. The summed E-state index contributed by atoms with van der Waals surface area (Å²) < 4.78 is 69.5. The summed E-state index contributed by atoms with van der Waals surface area (Å²) in [6.45, 7) is 3.40. The molecular weight excluding hydrogens is 458 g/mol. The largest absolute Gasteiger partial charge is 0.490 e. The lowest BCUT2D eigenvalue weighted by Crippen LogP contribution is -2.43. The molecule has 0 aromatic heterocycles. The van der Waals surface area contributed by atoms with Crippen LogP contribution in [0.3, 0.4) is 0 Å². The Morgan fingerprint density at radius 2 is 1.42 bits per heavy atom. The molecule has 4 N–H and O–H groups in total. The lowest BCUT2D eigenvalue weighted by atomic mass is 10.2. The van der Waals surface area contributed by atoms with Gasteiger partial charge in [-0.25, -0.2) is 9.59 Å². The first-order valence-corrected chi connectivity index (χ1v) is 9.48. The van der Waals surface area contributed by atoms with Crippen molar-refractivity contribution in [3.63, 3.8) is 0 Å². The summed E-state index contributed by atoms with van der Waals surface area (Å²) in [6, 6.07) is 11.3. The first-order valence-electron chi connectivity index (χ1n) is 9.48. The highest BCUT2D eigenvalue weighted by molar-refractivity contribution is 6.01. The third kappa shape index (κ3) is 8.18. The normalized spacial score (nSPS) is 14.1. The molecule has 0 bridgehead atoms. The highest BCUT2D eigenvalue weighted by atomic mass is 19.4. The number of piperazine rings is 1. The van der Waals surface area contributed by atoms with Gasteiger partial charge in [0.2, 0.25) is 0 Å². The van der Waals surface area contributed by atoms with Crippen molar-refractivity contribution in [2.75, 3.05) is 41.7 Å². The Balaban J connectivity index is 0.000000479. The van der Waals surface area contributed by atoms with E-state index in [9.17, 15) is 31.1 Å². The van der Waals surface area contributed by atoms with E-state index in [1.54, 1.807) is 6.07 Å². The maximum Gasteiger partial charge on any atom is 0.490 e. The number of carbonyl (C=O) groups excluding carboxylic acids is 1. The molecule has 2 aromatic rings. The number of amides is 2. The van der Waals surface area contributed by atoms with Gasteiger partial charge in [0, 0.05) is 31.9 Å². The van der Waals surface area contributed by atoms with Crippen LogP contribution in [0.25, 0.3) is 0 Å². The third-order valence-corrected chi connectivity index (χ3v) is 4.32. The number of rotatable bonds is 3. The molecule has 180 valence electrons. The van der Waals surface area contributed by atoms with Crippen molar-refractivity contribution < 1.29 is 41.0 Å².